The number of halogens is 2. The number of allylic oxidation sites excluding steroid dienone is 2. The Labute approximate surface area is 250 Å². The van der Waals surface area contributed by atoms with Gasteiger partial charge in [-0.3, -0.25) is 0 Å². The van der Waals surface area contributed by atoms with Crippen molar-refractivity contribution in [2.45, 2.75) is 59.4 Å². The van der Waals surface area contributed by atoms with E-state index in [1.165, 1.54) is 42.1 Å². The largest absolute Gasteiger partial charge is 1.00 e. The van der Waals surface area contributed by atoms with Crippen LogP contribution in [-0.2, 0) is 16.6 Å². The summed E-state index contributed by atoms with van der Waals surface area (Å²) in [4.78, 5) is 0. The molecule has 0 N–H and O–H groups in total. The summed E-state index contributed by atoms with van der Waals surface area (Å²) in [5.41, 5.74) is 10.1. The van der Waals surface area contributed by atoms with Crippen molar-refractivity contribution in [2.75, 3.05) is 0 Å². The summed E-state index contributed by atoms with van der Waals surface area (Å²) < 4.78 is 4.25. The van der Waals surface area contributed by atoms with Crippen molar-refractivity contribution < 1.29 is 41.4 Å². The van der Waals surface area contributed by atoms with Crippen LogP contribution >= 0.6 is 0 Å². The predicted octanol–water partition coefficient (Wildman–Crippen LogP) is 4.67. The van der Waals surface area contributed by atoms with Crippen molar-refractivity contribution in [1.29, 1.82) is 0 Å². The molecular formula is C36H38Cl2Ti. The van der Waals surface area contributed by atoms with Gasteiger partial charge in [-0.05, 0) is 0 Å². The Kier molecular flexibility index (Phi) is 7.08. The molecule has 1 heterocycles. The van der Waals surface area contributed by atoms with E-state index in [4.69, 9.17) is 0 Å². The second-order valence-corrected chi connectivity index (χ2v) is 21.1. The van der Waals surface area contributed by atoms with Crippen molar-refractivity contribution in [1.82, 2.24) is 0 Å². The van der Waals surface area contributed by atoms with Crippen LogP contribution in [0.25, 0.3) is 33.7 Å². The Morgan fingerprint density at radius 2 is 0.923 bits per heavy atom. The van der Waals surface area contributed by atoms with Gasteiger partial charge in [0.15, 0.2) is 0 Å². The first-order chi connectivity index (χ1) is 17.6. The summed E-state index contributed by atoms with van der Waals surface area (Å²) in [5.74, 6) is 0. The van der Waals surface area contributed by atoms with Gasteiger partial charge in [0.05, 0.1) is 0 Å². The van der Waals surface area contributed by atoms with Crippen LogP contribution < -0.4 is 24.8 Å². The topological polar surface area (TPSA) is 0 Å². The maximum atomic E-state index is 2.63. The van der Waals surface area contributed by atoms with Crippen LogP contribution in [0, 0.1) is 10.8 Å². The zero-order chi connectivity index (χ0) is 25.7. The van der Waals surface area contributed by atoms with E-state index in [1.54, 1.807) is 22.3 Å². The Morgan fingerprint density at radius 1 is 0.538 bits per heavy atom. The summed E-state index contributed by atoms with van der Waals surface area (Å²) in [6.07, 6.45) is 5.26. The molecule has 0 amide bonds. The normalized spacial score (nSPS) is 20.2. The van der Waals surface area contributed by atoms with Gasteiger partial charge >= 0.3 is 227 Å². The molecule has 2 aliphatic carbocycles. The van der Waals surface area contributed by atoms with Gasteiger partial charge < -0.3 is 24.8 Å². The Balaban J connectivity index is 0.00000154. The van der Waals surface area contributed by atoms with Crippen LogP contribution in [0.5, 0.6) is 0 Å². The van der Waals surface area contributed by atoms with Crippen molar-refractivity contribution in [2.24, 2.45) is 10.8 Å². The second-order valence-electron chi connectivity index (χ2n) is 13.9. The van der Waals surface area contributed by atoms with E-state index in [9.17, 15) is 0 Å². The number of benzene rings is 4. The number of hydrogen-bond acceptors (Lipinski definition) is 0. The molecule has 0 spiro atoms. The third kappa shape index (κ3) is 4.30. The maximum absolute atomic E-state index is 2.63. The molecule has 39 heavy (non-hydrogen) atoms. The van der Waals surface area contributed by atoms with Gasteiger partial charge in [0.1, 0.15) is 0 Å². The molecule has 7 rings (SSSR count). The fraction of sp³-hybridized carbons (Fsp3) is 0.333. The molecule has 0 saturated carbocycles. The minimum atomic E-state index is -2.44. The third-order valence-electron chi connectivity index (χ3n) is 9.56. The van der Waals surface area contributed by atoms with Crippen LogP contribution in [-0.4, -0.2) is 0 Å². The van der Waals surface area contributed by atoms with E-state index in [1.807, 2.05) is 0 Å². The van der Waals surface area contributed by atoms with E-state index in [0.29, 0.717) is 8.45 Å². The zero-order valence-electron chi connectivity index (χ0n) is 23.9. The summed E-state index contributed by atoms with van der Waals surface area (Å²) in [7, 11) is 0. The van der Waals surface area contributed by atoms with E-state index in [0.717, 1.165) is 0 Å². The summed E-state index contributed by atoms with van der Waals surface area (Å²) in [6.45, 7) is 14.7. The number of rotatable bonds is 2. The maximum Gasteiger partial charge on any atom is -1.00 e. The molecule has 1 fully saturated rings. The van der Waals surface area contributed by atoms with Crippen LogP contribution in [0.15, 0.2) is 83.9 Å². The van der Waals surface area contributed by atoms with E-state index in [2.05, 4.69) is 126 Å². The molecule has 200 valence electrons. The molecule has 4 aromatic rings. The average Bonchev–Trinajstić information content (AvgIpc) is 3.36. The van der Waals surface area contributed by atoms with Gasteiger partial charge in [-0.15, -0.1) is 0 Å². The molecule has 3 aliphatic rings. The van der Waals surface area contributed by atoms with Gasteiger partial charge in [-0.25, -0.2) is 0 Å². The predicted molar refractivity (Wildman–Crippen MR) is 158 cm³/mol. The van der Waals surface area contributed by atoms with Crippen LogP contribution in [0.2, 0.25) is 9.45 Å². The molecular weight excluding hydrogens is 551 g/mol. The van der Waals surface area contributed by atoms with Gasteiger partial charge in [0.25, 0.3) is 0 Å². The van der Waals surface area contributed by atoms with E-state index in [-0.39, 0.29) is 35.6 Å². The molecule has 3 heteroatoms. The van der Waals surface area contributed by atoms with Crippen LogP contribution in [0.1, 0.15) is 72.2 Å². The minimum absolute atomic E-state index is 0. The molecule has 1 aliphatic heterocycles. The molecule has 0 nitrogen and oxygen atoms in total. The Bertz CT molecular complexity index is 1540. The zero-order valence-corrected chi connectivity index (χ0v) is 27.0. The molecule has 1 saturated heterocycles. The SMILES string of the molecule is CC(C)(C)C1=Cc2c(ccc3ccccc23)[CH]1[Ti+2]1([CH]2C(C(C)(C)C)=Cc3c2ccc2ccccc32)[CH2][CH2]1.[Cl-].[Cl-]. The fourth-order valence-corrected chi connectivity index (χ4v) is 18.6. The number of hydrogen-bond donors (Lipinski definition) is 0. The van der Waals surface area contributed by atoms with Crippen LogP contribution in [0.3, 0.4) is 0 Å². The van der Waals surface area contributed by atoms with Gasteiger partial charge in [0, 0.05) is 0 Å². The Hall–Kier alpha value is -1.83. The van der Waals surface area contributed by atoms with Crippen molar-refractivity contribution in [3.63, 3.8) is 0 Å². The van der Waals surface area contributed by atoms with Gasteiger partial charge in [-0.2, -0.15) is 0 Å². The van der Waals surface area contributed by atoms with E-state index < -0.39 is 16.6 Å². The molecule has 0 radical (unpaired) electrons. The minimum Gasteiger partial charge on any atom is -1.00 e. The quantitative estimate of drug-likeness (QED) is 0.298. The molecule has 0 aromatic heterocycles. The van der Waals surface area contributed by atoms with Crippen molar-refractivity contribution in [3.8, 4) is 0 Å². The first-order valence-electron chi connectivity index (χ1n) is 14.1. The second kappa shape index (κ2) is 9.63. The fourth-order valence-electron chi connectivity index (χ4n) is 7.69. The Morgan fingerprint density at radius 3 is 1.28 bits per heavy atom. The summed E-state index contributed by atoms with van der Waals surface area (Å²) >= 11 is -2.44. The first-order valence-corrected chi connectivity index (χ1v) is 18.1. The summed E-state index contributed by atoms with van der Waals surface area (Å²) in [5, 5.41) is 5.62. The average molecular weight is 589 g/mol. The molecule has 2 atom stereocenters. The summed E-state index contributed by atoms with van der Waals surface area (Å²) in [6, 6.07) is 27.9. The third-order valence-corrected chi connectivity index (χ3v) is 17.7. The van der Waals surface area contributed by atoms with Crippen molar-refractivity contribution >= 4 is 33.7 Å². The molecule has 2 unspecified atom stereocenters. The standard InChI is InChI=1S/2C17H17.C2H4.2ClH.Ti/c2*1-17(2,3)14-10-13-9-8-12-6-4-5-7-15(12)16(13)11-14;1-2;;;/h2*4-11H,1-3H3;1-2H2;2*1H;/q;;;;;+2/p-2. The van der Waals surface area contributed by atoms with Crippen LogP contribution in [0.4, 0.5) is 0 Å². The smallest absolute Gasteiger partial charge is 1.00 e. The van der Waals surface area contributed by atoms with Gasteiger partial charge in [-0.1, -0.05) is 0 Å². The first kappa shape index (κ1) is 28.7. The monoisotopic (exact) mass is 588 g/mol. The van der Waals surface area contributed by atoms with E-state index >= 15 is 0 Å². The van der Waals surface area contributed by atoms with Crippen molar-refractivity contribution in [3.05, 3.63) is 106 Å². The molecule has 4 aromatic carbocycles. The van der Waals surface area contributed by atoms with Gasteiger partial charge in [0.2, 0.25) is 0 Å². The number of fused-ring (bicyclic) bond motifs is 6. The molecule has 0 bridgehead atoms.